The molecule has 4 nitrogen and oxygen atoms in total. The molecule has 1 N–H and O–H groups in total. The molecule has 1 aromatic carbocycles. The highest BCUT2D eigenvalue weighted by atomic mass is 15.3. The molecule has 3 heterocycles. The maximum Gasteiger partial charge on any atom is 0.106 e. The van der Waals surface area contributed by atoms with Gasteiger partial charge in [-0.1, -0.05) is 50.6 Å². The number of H-pyrrole nitrogens is 1. The Balaban J connectivity index is 1.40. The van der Waals surface area contributed by atoms with Gasteiger partial charge < -0.3 is 9.88 Å². The van der Waals surface area contributed by atoms with Crippen LogP contribution < -0.4 is 0 Å². The third-order valence-corrected chi connectivity index (χ3v) is 6.94. The van der Waals surface area contributed by atoms with Crippen molar-refractivity contribution in [1.82, 2.24) is 19.8 Å². The van der Waals surface area contributed by atoms with E-state index in [0.29, 0.717) is 5.41 Å². The molecule has 0 bridgehead atoms. The molecule has 28 heavy (non-hydrogen) atoms. The number of nitrogens with one attached hydrogen (secondary N) is 1. The van der Waals surface area contributed by atoms with Crippen molar-refractivity contribution >= 4 is 0 Å². The molecule has 0 saturated carbocycles. The molecule has 2 saturated heterocycles. The summed E-state index contributed by atoms with van der Waals surface area (Å²) in [5.74, 6) is 1.96. The lowest BCUT2D eigenvalue weighted by molar-refractivity contribution is 0.201. The quantitative estimate of drug-likeness (QED) is 0.710. The molecule has 2 atom stereocenters. The van der Waals surface area contributed by atoms with Gasteiger partial charge in [-0.3, -0.25) is 4.90 Å². The van der Waals surface area contributed by atoms with Gasteiger partial charge >= 0.3 is 0 Å². The van der Waals surface area contributed by atoms with Crippen molar-refractivity contribution in [3.8, 4) is 0 Å². The number of hydrogen-bond donors (Lipinski definition) is 1. The number of fused-ring (bicyclic) bond motifs is 1. The summed E-state index contributed by atoms with van der Waals surface area (Å²) < 4.78 is 0. The Morgan fingerprint density at radius 3 is 2.64 bits per heavy atom. The van der Waals surface area contributed by atoms with Gasteiger partial charge in [-0.15, -0.1) is 0 Å². The number of aromatic amines is 1. The van der Waals surface area contributed by atoms with Crippen LogP contribution in [0.5, 0.6) is 0 Å². The molecule has 4 rings (SSSR count). The van der Waals surface area contributed by atoms with Crippen LogP contribution in [0.25, 0.3) is 0 Å². The summed E-state index contributed by atoms with van der Waals surface area (Å²) >= 11 is 0. The first-order chi connectivity index (χ1) is 13.7. The zero-order chi connectivity index (χ0) is 19.4. The first-order valence-corrected chi connectivity index (χ1v) is 11.2. The van der Waals surface area contributed by atoms with Crippen LogP contribution in [0.1, 0.15) is 50.2 Å². The number of hydrogen-bond acceptors (Lipinski definition) is 3. The normalized spacial score (nSPS) is 25.4. The number of aromatic nitrogens is 2. The zero-order valence-corrected chi connectivity index (χ0v) is 17.7. The standard InChI is InChI=1S/C24H36N4/c1-3-5-11-23-25-14-22(26-23)17-28-16-21-15-27(4-2)18-24(21,19-28)13-12-20-9-7-6-8-10-20/h6-10,14,21H,3-5,11-13,15-19H2,1-2H3,(H,25,26). The average molecular weight is 381 g/mol. The molecule has 152 valence electrons. The molecule has 0 spiro atoms. The molecular formula is C24H36N4. The van der Waals surface area contributed by atoms with Crippen molar-refractivity contribution in [2.24, 2.45) is 11.3 Å². The lowest BCUT2D eigenvalue weighted by atomic mass is 9.76. The summed E-state index contributed by atoms with van der Waals surface area (Å²) in [6.07, 6.45) is 8.09. The molecule has 0 aliphatic carbocycles. The maximum atomic E-state index is 4.60. The zero-order valence-electron chi connectivity index (χ0n) is 17.7. The Hall–Kier alpha value is -1.65. The van der Waals surface area contributed by atoms with Gasteiger partial charge in [0.25, 0.3) is 0 Å². The third kappa shape index (κ3) is 4.33. The van der Waals surface area contributed by atoms with Crippen LogP contribution in [-0.2, 0) is 19.4 Å². The fourth-order valence-corrected chi connectivity index (χ4v) is 5.36. The highest BCUT2D eigenvalue weighted by Crippen LogP contribution is 2.46. The van der Waals surface area contributed by atoms with Gasteiger partial charge in [0.2, 0.25) is 0 Å². The fourth-order valence-electron chi connectivity index (χ4n) is 5.36. The van der Waals surface area contributed by atoms with E-state index in [1.165, 1.54) is 69.7 Å². The molecule has 0 amide bonds. The highest BCUT2D eigenvalue weighted by molar-refractivity contribution is 5.16. The van der Waals surface area contributed by atoms with Gasteiger partial charge in [0.1, 0.15) is 5.82 Å². The Morgan fingerprint density at radius 2 is 1.86 bits per heavy atom. The smallest absolute Gasteiger partial charge is 0.106 e. The molecule has 2 aromatic rings. The van der Waals surface area contributed by atoms with E-state index in [4.69, 9.17) is 0 Å². The van der Waals surface area contributed by atoms with E-state index in [9.17, 15) is 0 Å². The van der Waals surface area contributed by atoms with Crippen molar-refractivity contribution in [1.29, 1.82) is 0 Å². The lowest BCUT2D eigenvalue weighted by Crippen LogP contribution is -2.34. The second-order valence-electron chi connectivity index (χ2n) is 9.00. The number of unbranched alkanes of at least 4 members (excludes halogenated alkanes) is 1. The molecule has 2 aliphatic rings. The Kier molecular flexibility index (Phi) is 6.17. The van der Waals surface area contributed by atoms with Gasteiger partial charge in [-0.25, -0.2) is 4.98 Å². The largest absolute Gasteiger partial charge is 0.345 e. The Morgan fingerprint density at radius 1 is 1.07 bits per heavy atom. The monoisotopic (exact) mass is 380 g/mol. The SMILES string of the molecule is CCCCc1ncc(CN2CC3CN(CC)CC3(CCc3ccccc3)C2)[nH]1. The molecule has 2 fully saturated rings. The van der Waals surface area contributed by atoms with Crippen LogP contribution in [0.4, 0.5) is 0 Å². The number of aryl methyl sites for hydroxylation is 2. The summed E-state index contributed by atoms with van der Waals surface area (Å²) in [6, 6.07) is 11.0. The van der Waals surface area contributed by atoms with Crippen LogP contribution >= 0.6 is 0 Å². The minimum atomic E-state index is 0.455. The minimum Gasteiger partial charge on any atom is -0.345 e. The number of rotatable bonds is 9. The van der Waals surface area contributed by atoms with E-state index in [2.05, 4.69) is 70.1 Å². The molecule has 2 aliphatic heterocycles. The van der Waals surface area contributed by atoms with Crippen LogP contribution in [0, 0.1) is 11.3 Å². The van der Waals surface area contributed by atoms with Gasteiger partial charge in [0, 0.05) is 56.5 Å². The van der Waals surface area contributed by atoms with Gasteiger partial charge in [0.15, 0.2) is 0 Å². The van der Waals surface area contributed by atoms with Crippen molar-refractivity contribution in [3.05, 3.63) is 53.6 Å². The molecule has 0 radical (unpaired) electrons. The Bertz CT molecular complexity index is 740. The number of benzene rings is 1. The van der Waals surface area contributed by atoms with E-state index >= 15 is 0 Å². The third-order valence-electron chi connectivity index (χ3n) is 6.94. The van der Waals surface area contributed by atoms with Gasteiger partial charge in [0.05, 0.1) is 0 Å². The minimum absolute atomic E-state index is 0.455. The van der Waals surface area contributed by atoms with Crippen LogP contribution in [0.2, 0.25) is 0 Å². The van der Waals surface area contributed by atoms with Crippen LogP contribution in [0.15, 0.2) is 36.5 Å². The first-order valence-electron chi connectivity index (χ1n) is 11.2. The lowest BCUT2D eigenvalue weighted by Gasteiger charge is -2.29. The highest BCUT2D eigenvalue weighted by Gasteiger charge is 2.51. The summed E-state index contributed by atoms with van der Waals surface area (Å²) in [5.41, 5.74) is 3.23. The van der Waals surface area contributed by atoms with Crippen molar-refractivity contribution in [3.63, 3.8) is 0 Å². The van der Waals surface area contributed by atoms with Crippen LogP contribution in [0.3, 0.4) is 0 Å². The van der Waals surface area contributed by atoms with Gasteiger partial charge in [-0.05, 0) is 37.3 Å². The molecular weight excluding hydrogens is 344 g/mol. The molecule has 2 unspecified atom stereocenters. The maximum absolute atomic E-state index is 4.60. The summed E-state index contributed by atoms with van der Waals surface area (Å²) in [7, 11) is 0. The summed E-state index contributed by atoms with van der Waals surface area (Å²) in [5, 5.41) is 0. The second kappa shape index (κ2) is 8.79. The number of likely N-dealkylation sites (tertiary alicyclic amines) is 2. The first kappa shape index (κ1) is 19.7. The van der Waals surface area contributed by atoms with Crippen molar-refractivity contribution in [2.75, 3.05) is 32.7 Å². The van der Waals surface area contributed by atoms with Crippen molar-refractivity contribution < 1.29 is 0 Å². The summed E-state index contributed by atoms with van der Waals surface area (Å²) in [6.45, 7) is 11.8. The van der Waals surface area contributed by atoms with E-state index in [1.807, 2.05) is 0 Å². The second-order valence-corrected chi connectivity index (χ2v) is 9.00. The molecule has 1 aromatic heterocycles. The van der Waals surface area contributed by atoms with E-state index in [0.717, 1.165) is 24.7 Å². The Labute approximate surface area is 170 Å². The van der Waals surface area contributed by atoms with Crippen molar-refractivity contribution in [2.45, 2.75) is 52.5 Å². The average Bonchev–Trinajstić information content (AvgIpc) is 3.38. The van der Waals surface area contributed by atoms with E-state index in [1.54, 1.807) is 0 Å². The number of imidazole rings is 1. The van der Waals surface area contributed by atoms with E-state index < -0.39 is 0 Å². The topological polar surface area (TPSA) is 35.2 Å². The molecule has 4 heteroatoms. The fraction of sp³-hybridized carbons (Fsp3) is 0.625. The van der Waals surface area contributed by atoms with E-state index in [-0.39, 0.29) is 0 Å². The predicted molar refractivity (Wildman–Crippen MR) is 115 cm³/mol. The summed E-state index contributed by atoms with van der Waals surface area (Å²) in [4.78, 5) is 13.5. The number of nitrogens with zero attached hydrogens (tertiary/aromatic N) is 3. The van der Waals surface area contributed by atoms with Crippen LogP contribution in [-0.4, -0.2) is 52.5 Å². The van der Waals surface area contributed by atoms with Gasteiger partial charge in [-0.2, -0.15) is 0 Å². The predicted octanol–water partition coefficient (Wildman–Crippen LogP) is 4.14.